The molecule has 1 aromatic carbocycles. The van der Waals surface area contributed by atoms with E-state index in [4.69, 9.17) is 11.6 Å². The Labute approximate surface area is 127 Å². The Kier molecular flexibility index (Phi) is 3.26. The van der Waals surface area contributed by atoms with Crippen LogP contribution in [-0.2, 0) is 0 Å². The molecular formula is C12H9ClN6O3. The number of rotatable bonds is 3. The Morgan fingerprint density at radius 3 is 2.64 bits per heavy atom. The van der Waals surface area contributed by atoms with Crippen LogP contribution in [0.1, 0.15) is 5.69 Å². The maximum Gasteiger partial charge on any atom is 0.298 e. The Hall–Kier alpha value is -2.94. The summed E-state index contributed by atoms with van der Waals surface area (Å²) in [6, 6.07) is 4.09. The maximum atomic E-state index is 11.4. The van der Waals surface area contributed by atoms with E-state index in [1.54, 1.807) is 6.92 Å². The number of aryl methyl sites for hydroxylation is 1. The Morgan fingerprint density at radius 2 is 1.95 bits per heavy atom. The lowest BCUT2D eigenvalue weighted by Crippen LogP contribution is -2.10. The molecule has 2 heterocycles. The highest BCUT2D eigenvalue weighted by Crippen LogP contribution is 2.29. The predicted octanol–water partition coefficient (Wildman–Crippen LogP) is 2.26. The van der Waals surface area contributed by atoms with E-state index in [2.05, 4.69) is 25.3 Å². The minimum absolute atomic E-state index is 0.159. The van der Waals surface area contributed by atoms with Crippen LogP contribution in [0.4, 0.5) is 17.6 Å². The molecule has 3 rings (SSSR count). The molecule has 2 aromatic heterocycles. The van der Waals surface area contributed by atoms with Crippen LogP contribution in [-0.4, -0.2) is 24.9 Å². The zero-order valence-electron chi connectivity index (χ0n) is 11.2. The van der Waals surface area contributed by atoms with Crippen molar-refractivity contribution in [2.75, 3.05) is 5.32 Å². The number of nitro benzene ring substituents is 1. The SMILES string of the molecule is Cc1cc(=O)[nH]c(Nc2nc3c([N+](=O)[O-])cc(Cl)cc3[nH]2)n1. The molecule has 0 aliphatic rings. The summed E-state index contributed by atoms with van der Waals surface area (Å²) in [5.41, 5.74) is 0.553. The number of nitro groups is 1. The van der Waals surface area contributed by atoms with E-state index >= 15 is 0 Å². The molecule has 3 N–H and O–H groups in total. The van der Waals surface area contributed by atoms with Crippen molar-refractivity contribution in [1.29, 1.82) is 0 Å². The highest BCUT2D eigenvalue weighted by Gasteiger charge is 2.18. The van der Waals surface area contributed by atoms with E-state index in [1.165, 1.54) is 18.2 Å². The summed E-state index contributed by atoms with van der Waals surface area (Å²) in [6.07, 6.45) is 0. The Bertz CT molecular complexity index is 948. The molecule has 0 bridgehead atoms. The van der Waals surface area contributed by atoms with Crippen LogP contribution in [0, 0.1) is 17.0 Å². The number of benzene rings is 1. The molecule has 22 heavy (non-hydrogen) atoms. The monoisotopic (exact) mass is 320 g/mol. The van der Waals surface area contributed by atoms with Gasteiger partial charge < -0.3 is 4.98 Å². The quantitative estimate of drug-likeness (QED) is 0.501. The molecule has 0 saturated carbocycles. The third-order valence-corrected chi connectivity index (χ3v) is 3.05. The molecule has 0 radical (unpaired) electrons. The summed E-state index contributed by atoms with van der Waals surface area (Å²) in [4.78, 5) is 35.4. The van der Waals surface area contributed by atoms with Gasteiger partial charge in [-0.15, -0.1) is 0 Å². The third-order valence-electron chi connectivity index (χ3n) is 2.83. The lowest BCUT2D eigenvalue weighted by molar-refractivity contribution is -0.383. The minimum Gasteiger partial charge on any atom is -0.324 e. The molecule has 0 aliphatic carbocycles. The molecule has 0 saturated heterocycles. The van der Waals surface area contributed by atoms with Crippen molar-refractivity contribution in [2.45, 2.75) is 6.92 Å². The topological polar surface area (TPSA) is 130 Å². The standard InChI is InChI=1S/C12H9ClN6O3/c1-5-2-9(20)16-11(14-5)18-12-15-7-3-6(13)4-8(19(21)22)10(7)17-12/h2-4H,1H3,(H3,14,15,16,17,18,20). The molecule has 0 amide bonds. The lowest BCUT2D eigenvalue weighted by atomic mass is 10.3. The van der Waals surface area contributed by atoms with Crippen molar-refractivity contribution in [2.24, 2.45) is 0 Å². The van der Waals surface area contributed by atoms with E-state index in [-0.39, 0.29) is 33.7 Å². The fourth-order valence-corrected chi connectivity index (χ4v) is 2.23. The highest BCUT2D eigenvalue weighted by atomic mass is 35.5. The van der Waals surface area contributed by atoms with Crippen LogP contribution in [0.5, 0.6) is 0 Å². The number of non-ortho nitro benzene ring substituents is 1. The summed E-state index contributed by atoms with van der Waals surface area (Å²) in [6.45, 7) is 1.67. The number of fused-ring (bicyclic) bond motifs is 1. The smallest absolute Gasteiger partial charge is 0.298 e. The first-order chi connectivity index (χ1) is 10.4. The van der Waals surface area contributed by atoms with Gasteiger partial charge >= 0.3 is 0 Å². The average Bonchev–Trinajstić information content (AvgIpc) is 2.78. The second kappa shape index (κ2) is 5.11. The molecular weight excluding hydrogens is 312 g/mol. The molecule has 0 unspecified atom stereocenters. The number of anilines is 2. The number of H-pyrrole nitrogens is 2. The third kappa shape index (κ3) is 2.61. The van der Waals surface area contributed by atoms with Gasteiger partial charge in [-0.3, -0.25) is 25.2 Å². The fourth-order valence-electron chi connectivity index (χ4n) is 2.01. The molecule has 0 atom stereocenters. The first-order valence-electron chi connectivity index (χ1n) is 6.11. The average molecular weight is 321 g/mol. The second-order valence-corrected chi connectivity index (χ2v) is 4.96. The Balaban J connectivity index is 2.07. The molecule has 0 fully saturated rings. The molecule has 3 aromatic rings. The van der Waals surface area contributed by atoms with Crippen molar-refractivity contribution in [3.8, 4) is 0 Å². The molecule has 9 nitrogen and oxygen atoms in total. The lowest BCUT2D eigenvalue weighted by Gasteiger charge is -2.01. The van der Waals surface area contributed by atoms with Crippen LogP contribution in [0.3, 0.4) is 0 Å². The van der Waals surface area contributed by atoms with Gasteiger partial charge in [0.25, 0.3) is 11.2 Å². The number of aromatic nitrogens is 4. The number of nitrogens with zero attached hydrogens (tertiary/aromatic N) is 3. The Morgan fingerprint density at radius 1 is 1.23 bits per heavy atom. The van der Waals surface area contributed by atoms with Gasteiger partial charge in [0.15, 0.2) is 5.52 Å². The zero-order valence-corrected chi connectivity index (χ0v) is 11.9. The second-order valence-electron chi connectivity index (χ2n) is 4.52. The summed E-state index contributed by atoms with van der Waals surface area (Å²) in [7, 11) is 0. The molecule has 10 heteroatoms. The molecule has 0 aliphatic heterocycles. The van der Waals surface area contributed by atoms with Gasteiger partial charge in [0.05, 0.1) is 10.4 Å². The first kappa shape index (κ1) is 14.0. The van der Waals surface area contributed by atoms with Gasteiger partial charge in [-0.2, -0.15) is 0 Å². The van der Waals surface area contributed by atoms with Crippen LogP contribution < -0.4 is 10.9 Å². The summed E-state index contributed by atoms with van der Waals surface area (Å²) in [5, 5.41) is 14.0. The van der Waals surface area contributed by atoms with E-state index in [9.17, 15) is 14.9 Å². The van der Waals surface area contributed by atoms with Crippen molar-refractivity contribution in [3.63, 3.8) is 0 Å². The van der Waals surface area contributed by atoms with E-state index in [1.807, 2.05) is 0 Å². The van der Waals surface area contributed by atoms with Gasteiger partial charge in [0, 0.05) is 22.8 Å². The van der Waals surface area contributed by atoms with E-state index in [0.29, 0.717) is 11.2 Å². The van der Waals surface area contributed by atoms with Gasteiger partial charge in [0.2, 0.25) is 11.9 Å². The normalized spacial score (nSPS) is 10.8. The molecule has 112 valence electrons. The maximum absolute atomic E-state index is 11.4. The summed E-state index contributed by atoms with van der Waals surface area (Å²) < 4.78 is 0. The van der Waals surface area contributed by atoms with Crippen molar-refractivity contribution in [3.05, 3.63) is 49.4 Å². The van der Waals surface area contributed by atoms with Crippen LogP contribution in [0.25, 0.3) is 11.0 Å². The summed E-state index contributed by atoms with van der Waals surface area (Å²) in [5.74, 6) is 0.381. The van der Waals surface area contributed by atoms with Gasteiger partial charge in [0.1, 0.15) is 0 Å². The number of hydrogen-bond donors (Lipinski definition) is 3. The van der Waals surface area contributed by atoms with E-state index in [0.717, 1.165) is 0 Å². The number of halogens is 1. The van der Waals surface area contributed by atoms with Gasteiger partial charge in [-0.25, -0.2) is 9.97 Å². The number of hydrogen-bond acceptors (Lipinski definition) is 6. The van der Waals surface area contributed by atoms with Crippen LogP contribution in [0.15, 0.2) is 23.0 Å². The first-order valence-corrected chi connectivity index (χ1v) is 6.49. The van der Waals surface area contributed by atoms with Crippen molar-refractivity contribution in [1.82, 2.24) is 19.9 Å². The fraction of sp³-hybridized carbons (Fsp3) is 0.0833. The predicted molar refractivity (Wildman–Crippen MR) is 80.6 cm³/mol. The van der Waals surface area contributed by atoms with E-state index < -0.39 is 4.92 Å². The van der Waals surface area contributed by atoms with Crippen molar-refractivity contribution >= 4 is 40.2 Å². The zero-order chi connectivity index (χ0) is 15.9. The summed E-state index contributed by atoms with van der Waals surface area (Å²) >= 11 is 5.85. The van der Waals surface area contributed by atoms with Gasteiger partial charge in [-0.1, -0.05) is 11.6 Å². The number of imidazole rings is 1. The van der Waals surface area contributed by atoms with Crippen LogP contribution in [0.2, 0.25) is 5.02 Å². The highest BCUT2D eigenvalue weighted by molar-refractivity contribution is 6.31. The minimum atomic E-state index is -0.564. The molecule has 0 spiro atoms. The van der Waals surface area contributed by atoms with Gasteiger partial charge in [-0.05, 0) is 13.0 Å². The largest absolute Gasteiger partial charge is 0.324 e. The number of aromatic amines is 2. The number of nitrogens with one attached hydrogen (secondary N) is 3. The van der Waals surface area contributed by atoms with Crippen molar-refractivity contribution < 1.29 is 4.92 Å². The van der Waals surface area contributed by atoms with Crippen LogP contribution >= 0.6 is 11.6 Å².